The van der Waals surface area contributed by atoms with Gasteiger partial charge in [0.1, 0.15) is 6.04 Å². The summed E-state index contributed by atoms with van der Waals surface area (Å²) < 4.78 is 1.95. The smallest absolute Gasteiger partial charge is 0.324 e. The Kier molecular flexibility index (Phi) is 3.91. The van der Waals surface area contributed by atoms with Crippen molar-refractivity contribution in [1.29, 1.82) is 0 Å². The third-order valence-corrected chi connectivity index (χ3v) is 4.87. The number of carbonyl (C=O) groups excluding carboxylic acids is 2. The quantitative estimate of drug-likeness (QED) is 0.838. The second-order valence-corrected chi connectivity index (χ2v) is 6.58. The van der Waals surface area contributed by atoms with Gasteiger partial charge in [-0.2, -0.15) is 5.10 Å². The van der Waals surface area contributed by atoms with E-state index >= 15 is 0 Å². The number of amides is 3. The predicted octanol–water partition coefficient (Wildman–Crippen LogP) is 2.59. The number of anilines is 2. The Hall–Kier alpha value is -2.83. The summed E-state index contributed by atoms with van der Waals surface area (Å²) in [5.41, 5.74) is 2.82. The van der Waals surface area contributed by atoms with Crippen LogP contribution in [0.1, 0.15) is 31.0 Å². The Balaban J connectivity index is 1.56. The summed E-state index contributed by atoms with van der Waals surface area (Å²) in [5, 5.41) is 10.2. The molecule has 0 aliphatic carbocycles. The molecule has 1 aromatic carbocycles. The molecule has 1 unspecified atom stereocenters. The van der Waals surface area contributed by atoms with Crippen molar-refractivity contribution in [2.24, 2.45) is 0 Å². The van der Waals surface area contributed by atoms with Crippen LogP contribution in [0.15, 0.2) is 30.3 Å². The number of aryl methyl sites for hydroxylation is 2. The van der Waals surface area contributed by atoms with Crippen LogP contribution >= 0.6 is 0 Å². The summed E-state index contributed by atoms with van der Waals surface area (Å²) >= 11 is 0. The van der Waals surface area contributed by atoms with Gasteiger partial charge in [0.05, 0.1) is 6.54 Å². The standard InChI is InChI=1S/C18H21N5O2/c1-12-17(24)19-15-8-3-2-6-13(15)11-22(12)18(25)20-16-10-14-7-4-5-9-23(14)21-16/h2-3,6,8,10,12H,4-5,7,9,11H2,1H3,(H,19,24)(H,20,21,25). The Morgan fingerprint density at radius 2 is 2.16 bits per heavy atom. The Labute approximate surface area is 146 Å². The highest BCUT2D eigenvalue weighted by molar-refractivity contribution is 6.00. The Bertz CT molecular complexity index is 805. The molecule has 1 aromatic heterocycles. The normalized spacial score (nSPS) is 19.5. The van der Waals surface area contributed by atoms with E-state index in [1.807, 2.05) is 35.0 Å². The molecule has 0 bridgehead atoms. The first-order valence-electron chi connectivity index (χ1n) is 8.65. The van der Waals surface area contributed by atoms with Crippen LogP contribution in [0, 0.1) is 0 Å². The topological polar surface area (TPSA) is 79.3 Å². The minimum Gasteiger partial charge on any atom is -0.324 e. The maximum absolute atomic E-state index is 12.8. The fourth-order valence-corrected chi connectivity index (χ4v) is 3.39. The highest BCUT2D eigenvalue weighted by Crippen LogP contribution is 2.24. The van der Waals surface area contributed by atoms with Gasteiger partial charge in [0, 0.05) is 24.0 Å². The molecule has 2 aliphatic heterocycles. The SMILES string of the molecule is CC1C(=O)Nc2ccccc2CN1C(=O)Nc1cc2n(n1)CCCC2. The van der Waals surface area contributed by atoms with Crippen LogP contribution in [0.5, 0.6) is 0 Å². The average Bonchev–Trinajstić information content (AvgIpc) is 2.96. The lowest BCUT2D eigenvalue weighted by Crippen LogP contribution is -2.45. The minimum atomic E-state index is -0.565. The summed E-state index contributed by atoms with van der Waals surface area (Å²) in [5.74, 6) is 0.358. The first-order valence-corrected chi connectivity index (χ1v) is 8.65. The first-order chi connectivity index (χ1) is 12.1. The van der Waals surface area contributed by atoms with Gasteiger partial charge in [-0.1, -0.05) is 18.2 Å². The van der Waals surface area contributed by atoms with Gasteiger partial charge < -0.3 is 10.2 Å². The lowest BCUT2D eigenvalue weighted by atomic mass is 10.1. The van der Waals surface area contributed by atoms with Gasteiger partial charge in [0.15, 0.2) is 5.82 Å². The van der Waals surface area contributed by atoms with Gasteiger partial charge in [-0.25, -0.2) is 4.79 Å². The van der Waals surface area contributed by atoms with E-state index in [4.69, 9.17) is 0 Å². The van der Waals surface area contributed by atoms with Crippen molar-refractivity contribution >= 4 is 23.4 Å². The van der Waals surface area contributed by atoms with Crippen LogP contribution in [0.3, 0.4) is 0 Å². The van der Waals surface area contributed by atoms with Crippen molar-refractivity contribution in [3.8, 4) is 0 Å². The molecular formula is C18H21N5O2. The number of aromatic nitrogens is 2. The molecule has 2 N–H and O–H groups in total. The lowest BCUT2D eigenvalue weighted by Gasteiger charge is -2.25. The molecule has 130 valence electrons. The van der Waals surface area contributed by atoms with E-state index in [0.717, 1.165) is 42.8 Å². The number of hydrogen-bond acceptors (Lipinski definition) is 3. The zero-order valence-corrected chi connectivity index (χ0v) is 14.2. The zero-order chi connectivity index (χ0) is 17.4. The number of para-hydroxylation sites is 1. The third kappa shape index (κ3) is 2.97. The van der Waals surface area contributed by atoms with E-state index in [2.05, 4.69) is 15.7 Å². The number of rotatable bonds is 1. The molecule has 25 heavy (non-hydrogen) atoms. The van der Waals surface area contributed by atoms with Crippen molar-refractivity contribution < 1.29 is 9.59 Å². The minimum absolute atomic E-state index is 0.191. The molecular weight excluding hydrogens is 318 g/mol. The average molecular weight is 339 g/mol. The summed E-state index contributed by atoms with van der Waals surface area (Å²) in [6, 6.07) is 8.59. The van der Waals surface area contributed by atoms with Gasteiger partial charge >= 0.3 is 6.03 Å². The van der Waals surface area contributed by atoms with Gasteiger partial charge in [0.2, 0.25) is 5.91 Å². The lowest BCUT2D eigenvalue weighted by molar-refractivity contribution is -0.119. The molecule has 0 radical (unpaired) electrons. The van der Waals surface area contributed by atoms with Crippen LogP contribution in [0.2, 0.25) is 0 Å². The molecule has 2 aliphatic rings. The second-order valence-electron chi connectivity index (χ2n) is 6.58. The fraction of sp³-hybridized carbons (Fsp3) is 0.389. The fourth-order valence-electron chi connectivity index (χ4n) is 3.39. The van der Waals surface area contributed by atoms with E-state index in [9.17, 15) is 9.59 Å². The third-order valence-electron chi connectivity index (χ3n) is 4.87. The van der Waals surface area contributed by atoms with Crippen LogP contribution in [0.25, 0.3) is 0 Å². The molecule has 0 saturated carbocycles. The summed E-state index contributed by atoms with van der Waals surface area (Å²) in [7, 11) is 0. The molecule has 3 heterocycles. The maximum atomic E-state index is 12.8. The number of urea groups is 1. The summed E-state index contributed by atoms with van der Waals surface area (Å²) in [6.07, 6.45) is 3.25. The largest absolute Gasteiger partial charge is 0.324 e. The monoisotopic (exact) mass is 339 g/mol. The molecule has 4 rings (SSSR count). The van der Waals surface area contributed by atoms with Crippen molar-refractivity contribution in [1.82, 2.24) is 14.7 Å². The first kappa shape index (κ1) is 15.7. The van der Waals surface area contributed by atoms with E-state index < -0.39 is 6.04 Å². The van der Waals surface area contributed by atoms with Crippen molar-refractivity contribution in [3.05, 3.63) is 41.6 Å². The van der Waals surface area contributed by atoms with Crippen molar-refractivity contribution in [2.75, 3.05) is 10.6 Å². The maximum Gasteiger partial charge on any atom is 0.324 e. The zero-order valence-electron chi connectivity index (χ0n) is 14.2. The highest BCUT2D eigenvalue weighted by Gasteiger charge is 2.30. The van der Waals surface area contributed by atoms with Crippen LogP contribution < -0.4 is 10.6 Å². The Morgan fingerprint density at radius 3 is 3.00 bits per heavy atom. The van der Waals surface area contributed by atoms with Gasteiger partial charge in [-0.3, -0.25) is 14.8 Å². The molecule has 1 atom stereocenters. The van der Waals surface area contributed by atoms with Crippen molar-refractivity contribution in [2.45, 2.75) is 45.3 Å². The van der Waals surface area contributed by atoms with Gasteiger partial charge in [-0.15, -0.1) is 0 Å². The van der Waals surface area contributed by atoms with E-state index in [1.54, 1.807) is 11.8 Å². The second kappa shape index (κ2) is 6.23. The number of nitrogens with zero attached hydrogens (tertiary/aromatic N) is 3. The molecule has 2 aromatic rings. The number of fused-ring (bicyclic) bond motifs is 2. The Morgan fingerprint density at radius 1 is 1.32 bits per heavy atom. The summed E-state index contributed by atoms with van der Waals surface area (Å²) in [4.78, 5) is 26.7. The van der Waals surface area contributed by atoms with Crippen LogP contribution in [-0.4, -0.2) is 32.7 Å². The highest BCUT2D eigenvalue weighted by atomic mass is 16.2. The molecule has 0 saturated heterocycles. The molecule has 0 spiro atoms. The van der Waals surface area contributed by atoms with Gasteiger partial charge in [0.25, 0.3) is 0 Å². The number of nitrogens with one attached hydrogen (secondary N) is 2. The van der Waals surface area contributed by atoms with E-state index in [1.165, 1.54) is 0 Å². The molecule has 3 amide bonds. The van der Waals surface area contributed by atoms with E-state index in [0.29, 0.717) is 12.4 Å². The van der Waals surface area contributed by atoms with E-state index in [-0.39, 0.29) is 11.9 Å². The molecule has 7 nitrogen and oxygen atoms in total. The van der Waals surface area contributed by atoms with Gasteiger partial charge in [-0.05, 0) is 37.8 Å². The van der Waals surface area contributed by atoms with Crippen LogP contribution in [0.4, 0.5) is 16.3 Å². The summed E-state index contributed by atoms with van der Waals surface area (Å²) in [6.45, 7) is 3.00. The van der Waals surface area contributed by atoms with Crippen molar-refractivity contribution in [3.63, 3.8) is 0 Å². The number of carbonyl (C=O) groups is 2. The predicted molar refractivity (Wildman–Crippen MR) is 94.3 cm³/mol. The number of hydrogen-bond donors (Lipinski definition) is 2. The van der Waals surface area contributed by atoms with Crippen LogP contribution in [-0.2, 0) is 24.3 Å². The number of benzene rings is 1. The molecule has 7 heteroatoms. The molecule has 0 fully saturated rings.